The molecule has 0 saturated carbocycles. The van der Waals surface area contributed by atoms with E-state index < -0.39 is 12.0 Å². The van der Waals surface area contributed by atoms with Gasteiger partial charge in [0.1, 0.15) is 6.61 Å². The zero-order valence-electron chi connectivity index (χ0n) is 13.8. The number of hydrogen-bond acceptors (Lipinski definition) is 4. The summed E-state index contributed by atoms with van der Waals surface area (Å²) in [6.45, 7) is 2.80. The molecular weight excluding hydrogens is 306 g/mol. The van der Waals surface area contributed by atoms with Crippen LogP contribution in [0.4, 0.5) is 0 Å². The van der Waals surface area contributed by atoms with E-state index in [4.69, 9.17) is 20.3 Å². The van der Waals surface area contributed by atoms with Crippen LogP contribution in [0.1, 0.15) is 36.9 Å². The summed E-state index contributed by atoms with van der Waals surface area (Å²) < 4.78 is 11.6. The fourth-order valence-electron chi connectivity index (χ4n) is 2.41. The number of carboxylic acid groups (broad SMARTS) is 1. The number of nitrogens with two attached hydrogens (primary N) is 1. The fourth-order valence-corrected chi connectivity index (χ4v) is 2.41. The lowest BCUT2D eigenvalue weighted by Gasteiger charge is -2.19. The zero-order chi connectivity index (χ0) is 17.4. The van der Waals surface area contributed by atoms with Gasteiger partial charge in [-0.3, -0.25) is 4.79 Å². The average Bonchev–Trinajstić information content (AvgIpc) is 2.59. The Morgan fingerprint density at radius 1 is 1.12 bits per heavy atom. The number of ether oxygens (including phenoxy) is 2. The summed E-state index contributed by atoms with van der Waals surface area (Å²) in [5.74, 6) is 0.343. The fraction of sp³-hybridized carbons (Fsp3) is 0.316. The minimum atomic E-state index is -0.863. The van der Waals surface area contributed by atoms with Gasteiger partial charge in [0.15, 0.2) is 11.5 Å². The van der Waals surface area contributed by atoms with Crippen molar-refractivity contribution in [2.75, 3.05) is 6.61 Å². The van der Waals surface area contributed by atoms with E-state index in [0.29, 0.717) is 31.1 Å². The van der Waals surface area contributed by atoms with E-state index >= 15 is 0 Å². The molecule has 2 aromatic rings. The van der Waals surface area contributed by atoms with E-state index in [9.17, 15) is 4.79 Å². The van der Waals surface area contributed by atoms with Gasteiger partial charge in [-0.15, -0.1) is 0 Å². The molecule has 5 heteroatoms. The van der Waals surface area contributed by atoms with Crippen molar-refractivity contribution in [2.45, 2.75) is 32.4 Å². The van der Waals surface area contributed by atoms with Gasteiger partial charge in [0.25, 0.3) is 0 Å². The van der Waals surface area contributed by atoms with Gasteiger partial charge in [-0.05, 0) is 25.0 Å². The van der Waals surface area contributed by atoms with Crippen LogP contribution in [-0.2, 0) is 11.4 Å². The van der Waals surface area contributed by atoms with Gasteiger partial charge < -0.3 is 20.3 Å². The lowest BCUT2D eigenvalue weighted by Crippen LogP contribution is -2.14. The summed E-state index contributed by atoms with van der Waals surface area (Å²) >= 11 is 0. The second-order valence-electron chi connectivity index (χ2n) is 5.42. The summed E-state index contributed by atoms with van der Waals surface area (Å²) in [5.41, 5.74) is 7.98. The Kier molecular flexibility index (Phi) is 6.63. The molecule has 0 aromatic heterocycles. The maximum Gasteiger partial charge on any atom is 0.303 e. The summed E-state index contributed by atoms with van der Waals surface area (Å²) in [6.07, 6.45) is 0.352. The maximum absolute atomic E-state index is 10.8. The molecule has 24 heavy (non-hydrogen) atoms. The molecule has 128 valence electrons. The van der Waals surface area contributed by atoms with Crippen LogP contribution in [0.3, 0.4) is 0 Å². The molecule has 0 bridgehead atoms. The third-order valence-electron chi connectivity index (χ3n) is 3.60. The Hall–Kier alpha value is -2.53. The third kappa shape index (κ3) is 4.99. The van der Waals surface area contributed by atoms with Gasteiger partial charge in [0, 0.05) is 18.0 Å². The molecular formula is C19H23NO4. The standard InChI is InChI=1S/C19H23NO4/c1-2-23-17-10-6-9-15(16(20)11-12-18(21)22)19(17)24-13-14-7-4-3-5-8-14/h3-10,16H,2,11-13,20H2,1H3,(H,21,22). The van der Waals surface area contributed by atoms with Crippen molar-refractivity contribution in [3.05, 3.63) is 59.7 Å². The molecule has 0 heterocycles. The number of aliphatic carboxylic acids is 1. The third-order valence-corrected chi connectivity index (χ3v) is 3.60. The van der Waals surface area contributed by atoms with Gasteiger partial charge in [0.05, 0.1) is 6.61 Å². The topological polar surface area (TPSA) is 81.8 Å². The summed E-state index contributed by atoms with van der Waals surface area (Å²) in [7, 11) is 0. The predicted octanol–water partition coefficient (Wildman–Crippen LogP) is 3.53. The van der Waals surface area contributed by atoms with Crippen LogP contribution in [0.2, 0.25) is 0 Å². The Morgan fingerprint density at radius 3 is 2.54 bits per heavy atom. The van der Waals surface area contributed by atoms with Crippen molar-refractivity contribution in [1.82, 2.24) is 0 Å². The zero-order valence-corrected chi connectivity index (χ0v) is 13.8. The Labute approximate surface area is 142 Å². The van der Waals surface area contributed by atoms with Crippen molar-refractivity contribution in [1.29, 1.82) is 0 Å². The minimum Gasteiger partial charge on any atom is -0.490 e. The first-order valence-electron chi connectivity index (χ1n) is 8.01. The highest BCUT2D eigenvalue weighted by molar-refractivity contribution is 5.66. The van der Waals surface area contributed by atoms with Gasteiger partial charge in [0.2, 0.25) is 0 Å². The monoisotopic (exact) mass is 329 g/mol. The summed E-state index contributed by atoms with van der Waals surface area (Å²) in [5, 5.41) is 8.86. The molecule has 0 fully saturated rings. The van der Waals surface area contributed by atoms with E-state index in [1.165, 1.54) is 0 Å². The molecule has 1 atom stereocenters. The molecule has 0 spiro atoms. The van der Waals surface area contributed by atoms with Crippen molar-refractivity contribution in [3.63, 3.8) is 0 Å². The molecule has 2 aromatic carbocycles. The van der Waals surface area contributed by atoms with Crippen LogP contribution >= 0.6 is 0 Å². The van der Waals surface area contributed by atoms with Crippen molar-refractivity contribution in [2.24, 2.45) is 5.73 Å². The molecule has 0 radical (unpaired) electrons. The number of hydrogen-bond donors (Lipinski definition) is 2. The molecule has 3 N–H and O–H groups in total. The van der Waals surface area contributed by atoms with Crippen molar-refractivity contribution in [3.8, 4) is 11.5 Å². The Balaban J connectivity index is 2.22. The SMILES string of the molecule is CCOc1cccc(C(N)CCC(=O)O)c1OCc1ccccc1. The van der Waals surface area contributed by atoms with E-state index in [0.717, 1.165) is 11.1 Å². The van der Waals surface area contributed by atoms with Crippen LogP contribution in [-0.4, -0.2) is 17.7 Å². The van der Waals surface area contributed by atoms with Crippen LogP contribution in [0.5, 0.6) is 11.5 Å². The highest BCUT2D eigenvalue weighted by atomic mass is 16.5. The van der Waals surface area contributed by atoms with Crippen LogP contribution in [0.25, 0.3) is 0 Å². The van der Waals surface area contributed by atoms with Gasteiger partial charge in [-0.1, -0.05) is 42.5 Å². The number of rotatable bonds is 9. The molecule has 0 aliphatic rings. The molecule has 1 unspecified atom stereocenters. The molecule has 0 saturated heterocycles. The molecule has 0 amide bonds. The lowest BCUT2D eigenvalue weighted by molar-refractivity contribution is -0.137. The smallest absolute Gasteiger partial charge is 0.303 e. The van der Waals surface area contributed by atoms with E-state index in [2.05, 4.69) is 0 Å². The molecule has 0 aliphatic heterocycles. The summed E-state index contributed by atoms with van der Waals surface area (Å²) in [6, 6.07) is 14.9. The van der Waals surface area contributed by atoms with Crippen molar-refractivity contribution >= 4 is 5.97 Å². The highest BCUT2D eigenvalue weighted by Crippen LogP contribution is 2.36. The van der Waals surface area contributed by atoms with E-state index in [1.807, 2.05) is 55.5 Å². The van der Waals surface area contributed by atoms with Crippen LogP contribution < -0.4 is 15.2 Å². The number of carboxylic acids is 1. The first kappa shape index (κ1) is 17.8. The van der Waals surface area contributed by atoms with Crippen LogP contribution in [0.15, 0.2) is 48.5 Å². The molecule has 2 rings (SSSR count). The quantitative estimate of drug-likeness (QED) is 0.735. The first-order chi connectivity index (χ1) is 11.6. The van der Waals surface area contributed by atoms with Gasteiger partial charge >= 0.3 is 5.97 Å². The second-order valence-corrected chi connectivity index (χ2v) is 5.42. The van der Waals surface area contributed by atoms with E-state index in [-0.39, 0.29) is 6.42 Å². The average molecular weight is 329 g/mol. The Morgan fingerprint density at radius 2 is 1.88 bits per heavy atom. The Bertz CT molecular complexity index is 658. The number of para-hydroxylation sites is 1. The number of benzene rings is 2. The number of carbonyl (C=O) groups is 1. The molecule has 0 aliphatic carbocycles. The van der Waals surface area contributed by atoms with Crippen LogP contribution in [0, 0.1) is 0 Å². The molecule has 5 nitrogen and oxygen atoms in total. The van der Waals surface area contributed by atoms with Gasteiger partial charge in [-0.2, -0.15) is 0 Å². The highest BCUT2D eigenvalue weighted by Gasteiger charge is 2.18. The lowest BCUT2D eigenvalue weighted by atomic mass is 10.0. The van der Waals surface area contributed by atoms with E-state index in [1.54, 1.807) is 0 Å². The second kappa shape index (κ2) is 8.93. The van der Waals surface area contributed by atoms with Gasteiger partial charge in [-0.25, -0.2) is 0 Å². The largest absolute Gasteiger partial charge is 0.490 e. The van der Waals surface area contributed by atoms with Crippen molar-refractivity contribution < 1.29 is 19.4 Å². The summed E-state index contributed by atoms with van der Waals surface area (Å²) in [4.78, 5) is 10.8. The minimum absolute atomic E-state index is 0.0121. The first-order valence-corrected chi connectivity index (χ1v) is 8.01. The normalized spacial score (nSPS) is 11.8. The predicted molar refractivity (Wildman–Crippen MR) is 92.2 cm³/mol. The maximum atomic E-state index is 10.8.